The summed E-state index contributed by atoms with van der Waals surface area (Å²) in [6.07, 6.45) is 0. The van der Waals surface area contributed by atoms with Crippen LogP contribution in [0, 0.1) is 0 Å². The standard InChI is InChI=1S/C12H9ClO3S/c13-10-5-1-4-9(12(14)15)11(10)16-7-8-3-2-6-17-8/h1-6H,7H2,(H,14,15). The number of carboxylic acid groups (broad SMARTS) is 1. The molecule has 0 atom stereocenters. The fourth-order valence-electron chi connectivity index (χ4n) is 1.36. The van der Waals surface area contributed by atoms with Gasteiger partial charge in [-0.05, 0) is 23.6 Å². The number of aromatic carboxylic acids is 1. The van der Waals surface area contributed by atoms with Crippen molar-refractivity contribution in [2.45, 2.75) is 6.61 Å². The van der Waals surface area contributed by atoms with E-state index in [1.54, 1.807) is 23.5 Å². The summed E-state index contributed by atoms with van der Waals surface area (Å²) < 4.78 is 5.47. The van der Waals surface area contributed by atoms with Gasteiger partial charge in [-0.15, -0.1) is 11.3 Å². The molecule has 0 saturated carbocycles. The first-order valence-corrected chi connectivity index (χ1v) is 6.11. The summed E-state index contributed by atoms with van der Waals surface area (Å²) in [5.41, 5.74) is 0.0778. The van der Waals surface area contributed by atoms with Gasteiger partial charge >= 0.3 is 5.97 Å². The van der Waals surface area contributed by atoms with E-state index in [4.69, 9.17) is 21.4 Å². The van der Waals surface area contributed by atoms with Crippen LogP contribution in [0.1, 0.15) is 15.2 Å². The number of ether oxygens (including phenoxy) is 1. The van der Waals surface area contributed by atoms with E-state index in [-0.39, 0.29) is 11.3 Å². The van der Waals surface area contributed by atoms with Crippen molar-refractivity contribution in [3.8, 4) is 5.75 Å². The van der Waals surface area contributed by atoms with E-state index in [2.05, 4.69) is 0 Å². The summed E-state index contributed by atoms with van der Waals surface area (Å²) in [5.74, 6) is -0.830. The zero-order valence-corrected chi connectivity index (χ0v) is 10.3. The summed E-state index contributed by atoms with van der Waals surface area (Å²) in [6.45, 7) is 0.321. The molecule has 1 aromatic carbocycles. The largest absolute Gasteiger partial charge is 0.486 e. The number of rotatable bonds is 4. The van der Waals surface area contributed by atoms with E-state index in [1.807, 2.05) is 17.5 Å². The molecular formula is C12H9ClO3S. The fraction of sp³-hybridized carbons (Fsp3) is 0.0833. The van der Waals surface area contributed by atoms with Crippen molar-refractivity contribution in [3.05, 3.63) is 51.2 Å². The minimum absolute atomic E-state index is 0.0778. The molecule has 2 aromatic rings. The summed E-state index contributed by atoms with van der Waals surface area (Å²) in [6, 6.07) is 8.50. The maximum atomic E-state index is 11.0. The maximum Gasteiger partial charge on any atom is 0.339 e. The zero-order chi connectivity index (χ0) is 12.3. The Kier molecular flexibility index (Phi) is 3.66. The SMILES string of the molecule is O=C(O)c1cccc(Cl)c1OCc1cccs1. The molecular weight excluding hydrogens is 260 g/mol. The van der Waals surface area contributed by atoms with Gasteiger partial charge in [0.1, 0.15) is 12.2 Å². The van der Waals surface area contributed by atoms with Gasteiger partial charge in [0.25, 0.3) is 0 Å². The molecule has 0 aliphatic carbocycles. The van der Waals surface area contributed by atoms with Crippen LogP contribution in [0.25, 0.3) is 0 Å². The van der Waals surface area contributed by atoms with Crippen LogP contribution in [-0.2, 0) is 6.61 Å². The molecule has 0 unspecified atom stereocenters. The van der Waals surface area contributed by atoms with Crippen LogP contribution in [0.5, 0.6) is 5.75 Å². The third kappa shape index (κ3) is 2.78. The third-order valence-electron chi connectivity index (χ3n) is 2.14. The van der Waals surface area contributed by atoms with Crippen molar-refractivity contribution < 1.29 is 14.6 Å². The van der Waals surface area contributed by atoms with Crippen molar-refractivity contribution in [1.29, 1.82) is 0 Å². The van der Waals surface area contributed by atoms with E-state index < -0.39 is 5.97 Å². The van der Waals surface area contributed by atoms with E-state index in [1.165, 1.54) is 6.07 Å². The molecule has 88 valence electrons. The van der Waals surface area contributed by atoms with Gasteiger partial charge in [-0.3, -0.25) is 0 Å². The van der Waals surface area contributed by atoms with Crippen molar-refractivity contribution in [3.63, 3.8) is 0 Å². The number of carbonyl (C=O) groups is 1. The lowest BCUT2D eigenvalue weighted by Crippen LogP contribution is -2.03. The van der Waals surface area contributed by atoms with Crippen LogP contribution in [0.4, 0.5) is 0 Å². The fourth-order valence-corrected chi connectivity index (χ4v) is 2.21. The van der Waals surface area contributed by atoms with Gasteiger partial charge in [-0.25, -0.2) is 4.79 Å². The first kappa shape index (κ1) is 12.0. The topological polar surface area (TPSA) is 46.5 Å². The highest BCUT2D eigenvalue weighted by Gasteiger charge is 2.14. The van der Waals surface area contributed by atoms with E-state index in [0.717, 1.165) is 4.88 Å². The predicted octanol–water partition coefficient (Wildman–Crippen LogP) is 3.68. The molecule has 5 heteroatoms. The van der Waals surface area contributed by atoms with Gasteiger partial charge < -0.3 is 9.84 Å². The Morgan fingerprint density at radius 1 is 1.35 bits per heavy atom. The van der Waals surface area contributed by atoms with Gasteiger partial charge in [-0.2, -0.15) is 0 Å². The van der Waals surface area contributed by atoms with Crippen LogP contribution >= 0.6 is 22.9 Å². The highest BCUT2D eigenvalue weighted by atomic mass is 35.5. The molecule has 1 heterocycles. The predicted molar refractivity (Wildman–Crippen MR) is 67.1 cm³/mol. The molecule has 3 nitrogen and oxygen atoms in total. The number of hydrogen-bond donors (Lipinski definition) is 1. The Balaban J connectivity index is 2.22. The van der Waals surface area contributed by atoms with Crippen molar-refractivity contribution in [2.75, 3.05) is 0 Å². The first-order valence-electron chi connectivity index (χ1n) is 4.85. The molecule has 0 saturated heterocycles. The van der Waals surface area contributed by atoms with E-state index in [9.17, 15) is 4.79 Å². The lowest BCUT2D eigenvalue weighted by molar-refractivity contribution is 0.0692. The van der Waals surface area contributed by atoms with Crippen molar-refractivity contribution >= 4 is 28.9 Å². The van der Waals surface area contributed by atoms with Crippen LogP contribution in [0.15, 0.2) is 35.7 Å². The monoisotopic (exact) mass is 268 g/mol. The first-order chi connectivity index (χ1) is 8.18. The third-order valence-corrected chi connectivity index (χ3v) is 3.28. The molecule has 2 rings (SSSR count). The summed E-state index contributed by atoms with van der Waals surface area (Å²) in [7, 11) is 0. The van der Waals surface area contributed by atoms with Crippen LogP contribution < -0.4 is 4.74 Å². The quantitative estimate of drug-likeness (QED) is 0.920. The molecule has 1 aromatic heterocycles. The van der Waals surface area contributed by atoms with Crippen LogP contribution in [0.3, 0.4) is 0 Å². The second-order valence-corrected chi connectivity index (χ2v) is 4.73. The average molecular weight is 269 g/mol. The zero-order valence-electron chi connectivity index (χ0n) is 8.72. The molecule has 0 fully saturated rings. The van der Waals surface area contributed by atoms with Gasteiger partial charge in [0.2, 0.25) is 0 Å². The van der Waals surface area contributed by atoms with Crippen LogP contribution in [-0.4, -0.2) is 11.1 Å². The van der Waals surface area contributed by atoms with Gasteiger partial charge in [-0.1, -0.05) is 23.7 Å². The molecule has 1 N–H and O–H groups in total. The Bertz CT molecular complexity index is 523. The number of hydrogen-bond acceptors (Lipinski definition) is 3. The van der Waals surface area contributed by atoms with Crippen LogP contribution in [0.2, 0.25) is 5.02 Å². The number of para-hydroxylation sites is 1. The second-order valence-electron chi connectivity index (χ2n) is 3.29. The van der Waals surface area contributed by atoms with Crippen molar-refractivity contribution in [1.82, 2.24) is 0 Å². The molecule has 0 aliphatic rings. The second kappa shape index (κ2) is 5.21. The number of benzene rings is 1. The Labute approximate surface area is 107 Å². The molecule has 17 heavy (non-hydrogen) atoms. The molecule has 0 bridgehead atoms. The average Bonchev–Trinajstić information content (AvgIpc) is 2.80. The number of thiophene rings is 1. The molecule has 0 aliphatic heterocycles. The summed E-state index contributed by atoms with van der Waals surface area (Å²) in [5, 5.41) is 11.3. The van der Waals surface area contributed by atoms with Gasteiger partial charge in [0, 0.05) is 4.88 Å². The Morgan fingerprint density at radius 2 is 2.18 bits per heavy atom. The smallest absolute Gasteiger partial charge is 0.339 e. The Morgan fingerprint density at radius 3 is 2.82 bits per heavy atom. The molecule has 0 radical (unpaired) electrons. The number of halogens is 1. The Hall–Kier alpha value is -1.52. The van der Waals surface area contributed by atoms with Gasteiger partial charge in [0.15, 0.2) is 5.75 Å². The lowest BCUT2D eigenvalue weighted by atomic mass is 10.2. The number of carboxylic acids is 1. The molecule has 0 amide bonds. The van der Waals surface area contributed by atoms with Crippen molar-refractivity contribution in [2.24, 2.45) is 0 Å². The highest BCUT2D eigenvalue weighted by Crippen LogP contribution is 2.29. The maximum absolute atomic E-state index is 11.0. The molecule has 0 spiro atoms. The van der Waals surface area contributed by atoms with Gasteiger partial charge in [0.05, 0.1) is 5.02 Å². The summed E-state index contributed by atoms with van der Waals surface area (Å²) in [4.78, 5) is 12.0. The highest BCUT2D eigenvalue weighted by molar-refractivity contribution is 7.09. The summed E-state index contributed by atoms with van der Waals surface area (Å²) >= 11 is 7.48. The minimum Gasteiger partial charge on any atom is -0.486 e. The normalized spacial score (nSPS) is 10.2. The van der Waals surface area contributed by atoms with E-state index >= 15 is 0 Å². The van der Waals surface area contributed by atoms with E-state index in [0.29, 0.717) is 11.6 Å². The lowest BCUT2D eigenvalue weighted by Gasteiger charge is -2.09. The minimum atomic E-state index is -1.05.